The second-order valence-corrected chi connectivity index (χ2v) is 4.31. The van der Waals surface area contributed by atoms with E-state index < -0.39 is 5.91 Å². The van der Waals surface area contributed by atoms with Gasteiger partial charge in [0.05, 0.1) is 6.61 Å². The van der Waals surface area contributed by atoms with E-state index in [9.17, 15) is 9.90 Å². The molecule has 0 unspecified atom stereocenters. The van der Waals surface area contributed by atoms with Crippen LogP contribution < -0.4 is 5.32 Å². The van der Waals surface area contributed by atoms with Crippen LogP contribution in [0.2, 0.25) is 0 Å². The Hall–Kier alpha value is -2.52. The minimum Gasteiger partial charge on any atom is -0.508 e. The number of likely N-dealkylation sites (N-methyl/N-ethyl adjacent to an activating group) is 1. The summed E-state index contributed by atoms with van der Waals surface area (Å²) in [4.78, 5) is 13.5. The summed E-state index contributed by atoms with van der Waals surface area (Å²) in [5.74, 6) is -0.426. The summed E-state index contributed by atoms with van der Waals surface area (Å²) in [5, 5.41) is 29.7. The Kier molecular flexibility index (Phi) is 5.56. The number of aromatic hydroxyl groups is 1. The second-order valence-electron chi connectivity index (χ2n) is 4.31. The molecule has 0 aromatic heterocycles. The van der Waals surface area contributed by atoms with Gasteiger partial charge in [-0.05, 0) is 30.7 Å². The van der Waals surface area contributed by atoms with Gasteiger partial charge in [0.25, 0.3) is 5.91 Å². The number of hydrogen-bond acceptors (Lipinski definition) is 5. The summed E-state index contributed by atoms with van der Waals surface area (Å²) in [6.45, 7) is 2.00. The topological polar surface area (TPSA) is 96.6 Å². The number of aliphatic hydroxyl groups excluding tert-OH is 1. The molecule has 6 heteroatoms. The molecular formula is C14H17N3O3. The van der Waals surface area contributed by atoms with Gasteiger partial charge in [0.1, 0.15) is 17.4 Å². The Labute approximate surface area is 117 Å². The quantitative estimate of drug-likeness (QED) is 0.423. The molecule has 0 aliphatic heterocycles. The maximum atomic E-state index is 12.0. The van der Waals surface area contributed by atoms with E-state index in [1.807, 2.05) is 6.07 Å². The fraction of sp³-hybridized carbons (Fsp3) is 0.286. The lowest BCUT2D eigenvalue weighted by atomic mass is 10.2. The molecule has 1 amide bonds. The van der Waals surface area contributed by atoms with Crippen molar-refractivity contribution in [2.24, 2.45) is 0 Å². The largest absolute Gasteiger partial charge is 0.508 e. The van der Waals surface area contributed by atoms with E-state index in [4.69, 9.17) is 10.4 Å². The van der Waals surface area contributed by atoms with Crippen molar-refractivity contribution in [3.05, 3.63) is 35.5 Å². The van der Waals surface area contributed by atoms with Gasteiger partial charge in [-0.15, -0.1) is 0 Å². The highest BCUT2D eigenvalue weighted by Crippen LogP contribution is 2.20. The summed E-state index contributed by atoms with van der Waals surface area (Å²) in [7, 11) is 1.66. The number of nitrogens with zero attached hydrogens (tertiary/aromatic N) is 2. The van der Waals surface area contributed by atoms with Gasteiger partial charge >= 0.3 is 0 Å². The number of hydrogen-bond donors (Lipinski definition) is 3. The monoisotopic (exact) mass is 275 g/mol. The lowest BCUT2D eigenvalue weighted by Crippen LogP contribution is -2.20. The van der Waals surface area contributed by atoms with Crippen LogP contribution in [0.25, 0.3) is 0 Å². The number of benzene rings is 1. The highest BCUT2D eigenvalue weighted by Gasteiger charge is 2.11. The number of nitrogens with one attached hydrogen (secondary N) is 1. The van der Waals surface area contributed by atoms with Crippen molar-refractivity contribution in [3.8, 4) is 11.8 Å². The van der Waals surface area contributed by atoms with E-state index >= 15 is 0 Å². The first-order chi connectivity index (χ1) is 9.47. The number of aliphatic hydroxyl groups is 1. The third-order valence-corrected chi connectivity index (χ3v) is 2.63. The zero-order chi connectivity index (χ0) is 15.1. The van der Waals surface area contributed by atoms with E-state index in [2.05, 4.69) is 5.32 Å². The van der Waals surface area contributed by atoms with E-state index in [-0.39, 0.29) is 17.9 Å². The molecule has 0 bridgehead atoms. The van der Waals surface area contributed by atoms with Crippen molar-refractivity contribution in [2.75, 3.05) is 25.5 Å². The third-order valence-electron chi connectivity index (χ3n) is 2.63. The van der Waals surface area contributed by atoms with Crippen LogP contribution >= 0.6 is 0 Å². The van der Waals surface area contributed by atoms with Crippen molar-refractivity contribution in [1.29, 1.82) is 5.26 Å². The molecule has 0 atom stereocenters. The molecular weight excluding hydrogens is 258 g/mol. The fourth-order valence-corrected chi connectivity index (χ4v) is 1.56. The van der Waals surface area contributed by atoms with Gasteiger partial charge < -0.3 is 20.4 Å². The minimum atomic E-state index is -0.536. The van der Waals surface area contributed by atoms with Crippen molar-refractivity contribution in [1.82, 2.24) is 4.90 Å². The molecule has 1 aromatic rings. The number of amides is 1. The number of phenols is 1. The molecule has 0 saturated carbocycles. The third kappa shape index (κ3) is 4.30. The lowest BCUT2D eigenvalue weighted by Gasteiger charge is -2.13. The van der Waals surface area contributed by atoms with E-state index in [0.717, 1.165) is 0 Å². The zero-order valence-corrected chi connectivity index (χ0v) is 11.4. The molecule has 106 valence electrons. The Morgan fingerprint density at radius 3 is 2.80 bits per heavy atom. The van der Waals surface area contributed by atoms with Gasteiger partial charge in [-0.25, -0.2) is 0 Å². The molecule has 6 nitrogen and oxygen atoms in total. The molecule has 1 rings (SSSR count). The molecule has 1 aromatic carbocycles. The van der Waals surface area contributed by atoms with Gasteiger partial charge in [-0.1, -0.05) is 0 Å². The smallest absolute Gasteiger partial charge is 0.267 e. The van der Waals surface area contributed by atoms with Gasteiger partial charge in [-0.3, -0.25) is 4.79 Å². The summed E-state index contributed by atoms with van der Waals surface area (Å²) >= 11 is 0. The van der Waals surface area contributed by atoms with E-state index in [1.165, 1.54) is 18.3 Å². The number of carbonyl (C=O) groups is 1. The average Bonchev–Trinajstić information content (AvgIpc) is 2.39. The number of phenolic OH excluding ortho intramolecular Hbond substituents is 1. The number of nitriles is 1. The SMILES string of the molecule is Cc1cc(O)ccc1NC(=O)/C(C#N)=C\N(C)CCO. The Morgan fingerprint density at radius 2 is 2.25 bits per heavy atom. The number of aryl methyl sites for hydroxylation is 1. The molecule has 3 N–H and O–H groups in total. The van der Waals surface area contributed by atoms with Crippen molar-refractivity contribution < 1.29 is 15.0 Å². The molecule has 0 aliphatic carbocycles. The predicted molar refractivity (Wildman–Crippen MR) is 74.9 cm³/mol. The normalized spacial score (nSPS) is 10.8. The number of carbonyl (C=O) groups excluding carboxylic acids is 1. The molecule has 0 heterocycles. The van der Waals surface area contributed by atoms with Crippen LogP contribution in [0, 0.1) is 18.3 Å². The Balaban J connectivity index is 2.85. The lowest BCUT2D eigenvalue weighted by molar-refractivity contribution is -0.112. The molecule has 0 radical (unpaired) electrons. The highest BCUT2D eigenvalue weighted by molar-refractivity contribution is 6.06. The van der Waals surface area contributed by atoms with Crippen molar-refractivity contribution >= 4 is 11.6 Å². The van der Waals surface area contributed by atoms with Crippen LogP contribution in [-0.4, -0.2) is 41.2 Å². The highest BCUT2D eigenvalue weighted by atomic mass is 16.3. The van der Waals surface area contributed by atoms with Crippen LogP contribution in [0.4, 0.5) is 5.69 Å². The average molecular weight is 275 g/mol. The van der Waals surface area contributed by atoms with E-state index in [0.29, 0.717) is 17.8 Å². The second kappa shape index (κ2) is 7.16. The van der Waals surface area contributed by atoms with Crippen molar-refractivity contribution in [2.45, 2.75) is 6.92 Å². The number of anilines is 1. The Morgan fingerprint density at radius 1 is 1.55 bits per heavy atom. The van der Waals surface area contributed by atoms with Crippen LogP contribution in [0.5, 0.6) is 5.75 Å². The predicted octanol–water partition coefficient (Wildman–Crippen LogP) is 0.971. The summed E-state index contributed by atoms with van der Waals surface area (Å²) < 4.78 is 0. The van der Waals surface area contributed by atoms with Crippen LogP contribution in [0.15, 0.2) is 30.0 Å². The molecule has 0 aliphatic rings. The van der Waals surface area contributed by atoms with Gasteiger partial charge in [0.2, 0.25) is 0 Å². The first-order valence-corrected chi connectivity index (χ1v) is 6.02. The van der Waals surface area contributed by atoms with Crippen LogP contribution in [-0.2, 0) is 4.79 Å². The Bertz CT molecular complexity index is 561. The standard InChI is InChI=1S/C14H17N3O3/c1-10-7-12(19)3-4-13(10)16-14(20)11(8-15)9-17(2)5-6-18/h3-4,7,9,18-19H,5-6H2,1-2H3,(H,16,20)/b11-9-. The van der Waals surface area contributed by atoms with Crippen LogP contribution in [0.3, 0.4) is 0 Å². The summed E-state index contributed by atoms with van der Waals surface area (Å²) in [5.41, 5.74) is 1.16. The molecule has 20 heavy (non-hydrogen) atoms. The molecule has 0 spiro atoms. The zero-order valence-electron chi connectivity index (χ0n) is 11.4. The van der Waals surface area contributed by atoms with E-state index in [1.54, 1.807) is 24.9 Å². The first kappa shape index (κ1) is 15.5. The van der Waals surface area contributed by atoms with Crippen molar-refractivity contribution in [3.63, 3.8) is 0 Å². The minimum absolute atomic E-state index is 0.0616. The first-order valence-electron chi connectivity index (χ1n) is 6.02. The summed E-state index contributed by atoms with van der Waals surface area (Å²) in [6.07, 6.45) is 1.38. The maximum absolute atomic E-state index is 12.0. The van der Waals surface area contributed by atoms with Gasteiger partial charge in [0, 0.05) is 25.5 Å². The van der Waals surface area contributed by atoms with Gasteiger partial charge in [0.15, 0.2) is 0 Å². The van der Waals surface area contributed by atoms with Gasteiger partial charge in [-0.2, -0.15) is 5.26 Å². The maximum Gasteiger partial charge on any atom is 0.267 e. The number of rotatable bonds is 5. The van der Waals surface area contributed by atoms with Crippen LogP contribution in [0.1, 0.15) is 5.56 Å². The summed E-state index contributed by atoms with van der Waals surface area (Å²) in [6, 6.07) is 6.35. The fourth-order valence-electron chi connectivity index (χ4n) is 1.56. The molecule has 0 fully saturated rings. The molecule has 0 saturated heterocycles.